The summed E-state index contributed by atoms with van der Waals surface area (Å²) in [5, 5.41) is 4.83. The van der Waals surface area contributed by atoms with Crippen molar-refractivity contribution < 1.29 is 9.53 Å². The lowest BCUT2D eigenvalue weighted by atomic mass is 10.0. The Labute approximate surface area is 143 Å². The number of para-hydroxylation sites is 1. The van der Waals surface area contributed by atoms with Crippen molar-refractivity contribution in [3.63, 3.8) is 0 Å². The third kappa shape index (κ3) is 2.88. The maximum atomic E-state index is 12.0. The standard InChI is InChI=1S/C18H15N3O2S/c22-18(16-5-2-8-24-16)21-10-13-9-12-3-1-4-14(17(12)23-13)15-11-19-6-7-20-15/h1-8,11,13H,9-10H2,(H,21,22). The lowest BCUT2D eigenvalue weighted by Crippen LogP contribution is -2.34. The van der Waals surface area contributed by atoms with E-state index in [0.29, 0.717) is 11.4 Å². The molecule has 0 saturated heterocycles. The summed E-state index contributed by atoms with van der Waals surface area (Å²) in [6.45, 7) is 0.478. The van der Waals surface area contributed by atoms with E-state index in [0.717, 1.165) is 29.0 Å². The first-order chi connectivity index (χ1) is 11.8. The van der Waals surface area contributed by atoms with Gasteiger partial charge in [-0.25, -0.2) is 0 Å². The van der Waals surface area contributed by atoms with E-state index in [1.807, 2.05) is 29.6 Å². The number of nitrogens with one attached hydrogen (secondary N) is 1. The predicted molar refractivity (Wildman–Crippen MR) is 92.2 cm³/mol. The molecular weight excluding hydrogens is 322 g/mol. The number of rotatable bonds is 4. The summed E-state index contributed by atoms with van der Waals surface area (Å²) in [6.07, 6.45) is 5.75. The minimum absolute atomic E-state index is 0.0568. The molecule has 6 heteroatoms. The summed E-state index contributed by atoms with van der Waals surface area (Å²) in [7, 11) is 0. The van der Waals surface area contributed by atoms with E-state index in [2.05, 4.69) is 21.4 Å². The van der Waals surface area contributed by atoms with Gasteiger partial charge in [0.05, 0.1) is 23.3 Å². The third-order valence-electron chi connectivity index (χ3n) is 3.90. The molecule has 1 amide bonds. The minimum atomic E-state index is -0.0678. The zero-order valence-electron chi connectivity index (χ0n) is 12.8. The van der Waals surface area contributed by atoms with Crippen LogP contribution in [0.5, 0.6) is 5.75 Å². The lowest BCUT2D eigenvalue weighted by molar-refractivity contribution is 0.0937. The van der Waals surface area contributed by atoms with E-state index in [4.69, 9.17) is 4.74 Å². The van der Waals surface area contributed by atoms with E-state index in [9.17, 15) is 4.79 Å². The fourth-order valence-electron chi connectivity index (χ4n) is 2.79. The largest absolute Gasteiger partial charge is 0.487 e. The van der Waals surface area contributed by atoms with Gasteiger partial charge in [0.15, 0.2) is 0 Å². The second-order valence-corrected chi connectivity index (χ2v) is 6.46. The van der Waals surface area contributed by atoms with Gasteiger partial charge in [-0.1, -0.05) is 18.2 Å². The van der Waals surface area contributed by atoms with Gasteiger partial charge in [0.1, 0.15) is 11.9 Å². The summed E-state index contributed by atoms with van der Waals surface area (Å²) < 4.78 is 6.08. The molecule has 24 heavy (non-hydrogen) atoms. The van der Waals surface area contributed by atoms with E-state index in [1.54, 1.807) is 18.6 Å². The van der Waals surface area contributed by atoms with E-state index < -0.39 is 0 Å². The van der Waals surface area contributed by atoms with Crippen LogP contribution in [-0.4, -0.2) is 28.5 Å². The third-order valence-corrected chi connectivity index (χ3v) is 4.77. The number of thiophene rings is 1. The number of ether oxygens (including phenoxy) is 1. The molecule has 0 radical (unpaired) electrons. The first-order valence-electron chi connectivity index (χ1n) is 7.68. The Morgan fingerprint density at radius 2 is 2.25 bits per heavy atom. The van der Waals surface area contributed by atoms with Crippen LogP contribution in [0, 0.1) is 0 Å². The van der Waals surface area contributed by atoms with Gasteiger partial charge in [-0.15, -0.1) is 11.3 Å². The molecule has 1 atom stereocenters. The molecule has 0 spiro atoms. The molecule has 1 aliphatic rings. The Bertz CT molecular complexity index is 850. The number of hydrogen-bond acceptors (Lipinski definition) is 5. The van der Waals surface area contributed by atoms with Gasteiger partial charge in [-0.2, -0.15) is 0 Å². The zero-order chi connectivity index (χ0) is 16.4. The highest BCUT2D eigenvalue weighted by atomic mass is 32.1. The highest BCUT2D eigenvalue weighted by molar-refractivity contribution is 7.12. The Balaban J connectivity index is 1.47. The molecule has 0 saturated carbocycles. The van der Waals surface area contributed by atoms with Gasteiger partial charge in [0.25, 0.3) is 5.91 Å². The smallest absolute Gasteiger partial charge is 0.261 e. The second kappa shape index (κ2) is 6.41. The summed E-state index contributed by atoms with van der Waals surface area (Å²) in [4.78, 5) is 21.2. The van der Waals surface area contributed by atoms with E-state index in [1.165, 1.54) is 11.3 Å². The monoisotopic (exact) mass is 337 g/mol. The Kier molecular flexibility index (Phi) is 3.96. The van der Waals surface area contributed by atoms with Crippen molar-refractivity contribution in [2.45, 2.75) is 12.5 Å². The molecule has 3 heterocycles. The number of fused-ring (bicyclic) bond motifs is 1. The number of aromatic nitrogens is 2. The van der Waals surface area contributed by atoms with Gasteiger partial charge in [-0.05, 0) is 23.1 Å². The highest BCUT2D eigenvalue weighted by Crippen LogP contribution is 2.37. The molecular formula is C18H15N3O2S. The molecule has 3 aromatic rings. The van der Waals surface area contributed by atoms with Crippen molar-refractivity contribution in [2.24, 2.45) is 0 Å². The fourth-order valence-corrected chi connectivity index (χ4v) is 3.43. The van der Waals surface area contributed by atoms with Crippen LogP contribution in [0.3, 0.4) is 0 Å². The van der Waals surface area contributed by atoms with Crippen molar-refractivity contribution in [2.75, 3.05) is 6.54 Å². The SMILES string of the molecule is O=C(NCC1Cc2cccc(-c3cnccn3)c2O1)c1cccs1. The summed E-state index contributed by atoms with van der Waals surface area (Å²) in [5.41, 5.74) is 2.86. The number of benzene rings is 1. The minimum Gasteiger partial charge on any atom is -0.487 e. The number of hydrogen-bond donors (Lipinski definition) is 1. The van der Waals surface area contributed by atoms with Crippen LogP contribution < -0.4 is 10.1 Å². The highest BCUT2D eigenvalue weighted by Gasteiger charge is 2.26. The van der Waals surface area contributed by atoms with Crippen molar-refractivity contribution in [1.82, 2.24) is 15.3 Å². The molecule has 0 aliphatic carbocycles. The molecule has 1 aliphatic heterocycles. The number of carbonyl (C=O) groups excluding carboxylic acids is 1. The Hall–Kier alpha value is -2.73. The van der Waals surface area contributed by atoms with Gasteiger partial charge in [0.2, 0.25) is 0 Å². The van der Waals surface area contributed by atoms with Crippen LogP contribution in [0.15, 0.2) is 54.3 Å². The Morgan fingerprint density at radius 1 is 1.29 bits per heavy atom. The van der Waals surface area contributed by atoms with Crippen LogP contribution >= 0.6 is 11.3 Å². The van der Waals surface area contributed by atoms with E-state index in [-0.39, 0.29) is 12.0 Å². The summed E-state index contributed by atoms with van der Waals surface area (Å²) in [6, 6.07) is 9.72. The van der Waals surface area contributed by atoms with E-state index >= 15 is 0 Å². The zero-order valence-corrected chi connectivity index (χ0v) is 13.6. The normalized spacial score (nSPS) is 15.6. The number of amides is 1. The first kappa shape index (κ1) is 14.8. The van der Waals surface area contributed by atoms with Gasteiger partial charge in [-0.3, -0.25) is 14.8 Å². The molecule has 1 N–H and O–H groups in total. The molecule has 120 valence electrons. The molecule has 0 bridgehead atoms. The van der Waals surface area contributed by atoms with Gasteiger partial charge >= 0.3 is 0 Å². The first-order valence-corrected chi connectivity index (χ1v) is 8.56. The average molecular weight is 337 g/mol. The molecule has 1 aromatic carbocycles. The van der Waals surface area contributed by atoms with Crippen LogP contribution in [-0.2, 0) is 6.42 Å². The fraction of sp³-hybridized carbons (Fsp3) is 0.167. The maximum absolute atomic E-state index is 12.0. The predicted octanol–water partition coefficient (Wildman–Crippen LogP) is 2.94. The molecule has 5 nitrogen and oxygen atoms in total. The maximum Gasteiger partial charge on any atom is 0.261 e. The quantitative estimate of drug-likeness (QED) is 0.795. The van der Waals surface area contributed by atoms with Crippen molar-refractivity contribution in [1.29, 1.82) is 0 Å². The Morgan fingerprint density at radius 3 is 3.04 bits per heavy atom. The average Bonchev–Trinajstić information content (AvgIpc) is 3.29. The summed E-state index contributed by atoms with van der Waals surface area (Å²) >= 11 is 1.43. The second-order valence-electron chi connectivity index (χ2n) is 5.52. The van der Waals surface area contributed by atoms with Crippen molar-refractivity contribution >= 4 is 17.2 Å². The molecule has 1 unspecified atom stereocenters. The molecule has 2 aromatic heterocycles. The molecule has 4 rings (SSSR count). The van der Waals surface area contributed by atoms with Crippen molar-refractivity contribution in [3.05, 3.63) is 64.7 Å². The number of nitrogens with zero attached hydrogens (tertiary/aromatic N) is 2. The van der Waals surface area contributed by atoms with Gasteiger partial charge in [0, 0.05) is 24.4 Å². The van der Waals surface area contributed by atoms with Gasteiger partial charge < -0.3 is 10.1 Å². The number of carbonyl (C=O) groups is 1. The van der Waals surface area contributed by atoms with Crippen LogP contribution in [0.4, 0.5) is 0 Å². The molecule has 0 fully saturated rings. The van der Waals surface area contributed by atoms with Crippen molar-refractivity contribution in [3.8, 4) is 17.0 Å². The summed E-state index contributed by atoms with van der Waals surface area (Å²) in [5.74, 6) is 0.784. The lowest BCUT2D eigenvalue weighted by Gasteiger charge is -2.13. The van der Waals surface area contributed by atoms with Crippen LogP contribution in [0.25, 0.3) is 11.3 Å². The van der Waals surface area contributed by atoms with Crippen LogP contribution in [0.2, 0.25) is 0 Å². The van der Waals surface area contributed by atoms with Crippen LogP contribution in [0.1, 0.15) is 15.2 Å². The topological polar surface area (TPSA) is 64.1 Å².